The fourth-order valence-corrected chi connectivity index (χ4v) is 2.02. The molecule has 21 heavy (non-hydrogen) atoms. The Bertz CT molecular complexity index is 682. The maximum Gasteiger partial charge on any atom is 0.284 e. The van der Waals surface area contributed by atoms with Crippen LogP contribution in [0, 0.1) is 10.1 Å². The van der Waals surface area contributed by atoms with Gasteiger partial charge < -0.3 is 9.47 Å². The van der Waals surface area contributed by atoms with Crippen molar-refractivity contribution in [3.05, 3.63) is 63.7 Å². The molecular weight excluding hydrogens is 274 g/mol. The molecule has 0 amide bonds. The minimum absolute atomic E-state index is 0.0561. The minimum Gasteiger partial charge on any atom is -0.493 e. The van der Waals surface area contributed by atoms with Crippen molar-refractivity contribution in [2.24, 2.45) is 0 Å². The quantitative estimate of drug-likeness (QED) is 0.480. The number of nitro benzene ring substituents is 1. The highest BCUT2D eigenvalue weighted by molar-refractivity contribution is 6.13. The molecule has 0 saturated carbocycles. The Balaban J connectivity index is 2.70. The summed E-state index contributed by atoms with van der Waals surface area (Å²) in [6, 6.07) is 10.9. The number of benzene rings is 2. The van der Waals surface area contributed by atoms with Gasteiger partial charge in [0.25, 0.3) is 5.69 Å². The molecule has 0 atom stereocenters. The monoisotopic (exact) mass is 287 g/mol. The van der Waals surface area contributed by atoms with Gasteiger partial charge in [0.15, 0.2) is 11.5 Å². The molecule has 0 radical (unpaired) electrons. The lowest BCUT2D eigenvalue weighted by atomic mass is 10.00. The normalized spacial score (nSPS) is 10.0. The Morgan fingerprint density at radius 1 is 1.05 bits per heavy atom. The fourth-order valence-electron chi connectivity index (χ4n) is 2.02. The molecule has 2 aromatic rings. The van der Waals surface area contributed by atoms with Crippen molar-refractivity contribution >= 4 is 11.5 Å². The van der Waals surface area contributed by atoms with Crippen molar-refractivity contribution in [3.63, 3.8) is 0 Å². The zero-order valence-corrected chi connectivity index (χ0v) is 11.5. The first-order valence-corrected chi connectivity index (χ1v) is 6.09. The maximum absolute atomic E-state index is 12.6. The molecule has 6 heteroatoms. The number of ether oxygens (including phenoxy) is 2. The Morgan fingerprint density at radius 3 is 2.24 bits per heavy atom. The van der Waals surface area contributed by atoms with Crippen LogP contribution in [0.3, 0.4) is 0 Å². The predicted octanol–water partition coefficient (Wildman–Crippen LogP) is 2.84. The Kier molecular flexibility index (Phi) is 4.18. The second kappa shape index (κ2) is 6.04. The van der Waals surface area contributed by atoms with Crippen LogP contribution in [-0.4, -0.2) is 24.9 Å². The van der Waals surface area contributed by atoms with E-state index in [1.807, 2.05) is 0 Å². The maximum atomic E-state index is 12.6. The lowest BCUT2D eigenvalue weighted by Gasteiger charge is -2.12. The first kappa shape index (κ1) is 14.5. The molecule has 2 aromatic carbocycles. The highest BCUT2D eigenvalue weighted by Crippen LogP contribution is 2.38. The van der Waals surface area contributed by atoms with E-state index in [0.29, 0.717) is 5.56 Å². The van der Waals surface area contributed by atoms with Gasteiger partial charge in [0.2, 0.25) is 5.78 Å². The predicted molar refractivity (Wildman–Crippen MR) is 76.1 cm³/mol. The van der Waals surface area contributed by atoms with Crippen molar-refractivity contribution in [2.45, 2.75) is 0 Å². The molecule has 0 aliphatic carbocycles. The molecule has 2 rings (SSSR count). The molecule has 0 saturated heterocycles. The standard InChI is InChI=1S/C15H13NO5/c1-20-12-9-8-11(16(18)19)13(15(12)21-2)14(17)10-6-4-3-5-7-10/h3-9H,1-2H3. The molecule has 0 unspecified atom stereocenters. The third-order valence-electron chi connectivity index (χ3n) is 2.98. The summed E-state index contributed by atoms with van der Waals surface area (Å²) in [5.74, 6) is -0.166. The van der Waals surface area contributed by atoms with Gasteiger partial charge in [0.1, 0.15) is 5.56 Å². The fraction of sp³-hybridized carbons (Fsp3) is 0.133. The van der Waals surface area contributed by atoms with E-state index in [0.717, 1.165) is 0 Å². The summed E-state index contributed by atoms with van der Waals surface area (Å²) >= 11 is 0. The summed E-state index contributed by atoms with van der Waals surface area (Å²) < 4.78 is 10.2. The van der Waals surface area contributed by atoms with E-state index in [9.17, 15) is 14.9 Å². The number of ketones is 1. The van der Waals surface area contributed by atoms with Crippen LogP contribution in [-0.2, 0) is 0 Å². The minimum atomic E-state index is -0.613. The first-order chi connectivity index (χ1) is 10.1. The van der Waals surface area contributed by atoms with Crippen LogP contribution in [0.15, 0.2) is 42.5 Å². The number of hydrogen-bond donors (Lipinski definition) is 0. The van der Waals surface area contributed by atoms with Gasteiger partial charge >= 0.3 is 0 Å². The summed E-state index contributed by atoms with van der Waals surface area (Å²) in [6.07, 6.45) is 0. The Labute approximate surface area is 121 Å². The van der Waals surface area contributed by atoms with Gasteiger partial charge in [-0.1, -0.05) is 30.3 Å². The molecule has 108 valence electrons. The van der Waals surface area contributed by atoms with Gasteiger partial charge in [-0.2, -0.15) is 0 Å². The largest absolute Gasteiger partial charge is 0.493 e. The summed E-state index contributed by atoms with van der Waals surface area (Å²) in [6.45, 7) is 0. The zero-order valence-electron chi connectivity index (χ0n) is 11.5. The molecule has 0 aliphatic heterocycles. The number of nitro groups is 1. The summed E-state index contributed by atoms with van der Waals surface area (Å²) in [7, 11) is 2.74. The van der Waals surface area contributed by atoms with Crippen molar-refractivity contribution in [2.75, 3.05) is 14.2 Å². The molecule has 6 nitrogen and oxygen atoms in total. The highest BCUT2D eigenvalue weighted by Gasteiger charge is 2.28. The van der Waals surface area contributed by atoms with Crippen LogP contribution >= 0.6 is 0 Å². The van der Waals surface area contributed by atoms with Gasteiger partial charge in [0, 0.05) is 11.6 Å². The first-order valence-electron chi connectivity index (χ1n) is 6.09. The number of rotatable bonds is 5. The molecule has 0 fully saturated rings. The average molecular weight is 287 g/mol. The van der Waals surface area contributed by atoms with Gasteiger partial charge in [-0.3, -0.25) is 14.9 Å². The number of carbonyl (C=O) groups is 1. The molecule has 0 aromatic heterocycles. The second-order valence-electron chi connectivity index (χ2n) is 4.15. The van der Waals surface area contributed by atoms with E-state index in [4.69, 9.17) is 9.47 Å². The number of carbonyl (C=O) groups excluding carboxylic acids is 1. The van der Waals surface area contributed by atoms with Gasteiger partial charge in [0.05, 0.1) is 19.1 Å². The van der Waals surface area contributed by atoms with E-state index >= 15 is 0 Å². The van der Waals surface area contributed by atoms with E-state index in [1.165, 1.54) is 26.4 Å². The summed E-state index contributed by atoms with van der Waals surface area (Å²) in [5, 5.41) is 11.2. The Hall–Kier alpha value is -2.89. The van der Waals surface area contributed by atoms with Crippen molar-refractivity contribution < 1.29 is 19.2 Å². The molecule has 0 aliphatic rings. The SMILES string of the molecule is COc1ccc([N+](=O)[O-])c(C(=O)c2ccccc2)c1OC. The topological polar surface area (TPSA) is 78.7 Å². The van der Waals surface area contributed by atoms with Gasteiger partial charge in [-0.05, 0) is 6.07 Å². The number of hydrogen-bond acceptors (Lipinski definition) is 5. The lowest BCUT2D eigenvalue weighted by Crippen LogP contribution is -2.09. The van der Waals surface area contributed by atoms with Crippen LogP contribution in [0.5, 0.6) is 11.5 Å². The smallest absolute Gasteiger partial charge is 0.284 e. The lowest BCUT2D eigenvalue weighted by molar-refractivity contribution is -0.385. The summed E-state index contributed by atoms with van der Waals surface area (Å²) in [5.41, 5.74) is -0.0956. The van der Waals surface area contributed by atoms with E-state index < -0.39 is 10.7 Å². The van der Waals surface area contributed by atoms with Crippen LogP contribution in [0.1, 0.15) is 15.9 Å². The summed E-state index contributed by atoms with van der Waals surface area (Å²) in [4.78, 5) is 23.1. The van der Waals surface area contributed by atoms with Crippen molar-refractivity contribution in [3.8, 4) is 11.5 Å². The molecular formula is C15H13NO5. The molecule has 0 N–H and O–H groups in total. The van der Waals surface area contributed by atoms with Gasteiger partial charge in [-0.25, -0.2) is 0 Å². The second-order valence-corrected chi connectivity index (χ2v) is 4.15. The molecule has 0 bridgehead atoms. The Morgan fingerprint density at radius 2 is 1.71 bits per heavy atom. The number of methoxy groups -OCH3 is 2. The molecule has 0 spiro atoms. The zero-order chi connectivity index (χ0) is 15.4. The van der Waals surface area contributed by atoms with E-state index in [1.54, 1.807) is 30.3 Å². The van der Waals surface area contributed by atoms with Crippen LogP contribution in [0.4, 0.5) is 5.69 Å². The van der Waals surface area contributed by atoms with Crippen LogP contribution in [0.25, 0.3) is 0 Å². The molecule has 0 heterocycles. The third kappa shape index (κ3) is 2.69. The number of nitrogens with zero attached hydrogens (tertiary/aromatic N) is 1. The van der Waals surface area contributed by atoms with E-state index in [2.05, 4.69) is 0 Å². The van der Waals surface area contributed by atoms with Crippen molar-refractivity contribution in [1.82, 2.24) is 0 Å². The van der Waals surface area contributed by atoms with Gasteiger partial charge in [-0.15, -0.1) is 0 Å². The third-order valence-corrected chi connectivity index (χ3v) is 2.98. The van der Waals surface area contributed by atoms with Crippen LogP contribution < -0.4 is 9.47 Å². The van der Waals surface area contributed by atoms with E-state index in [-0.39, 0.29) is 22.7 Å². The average Bonchev–Trinajstić information content (AvgIpc) is 2.53. The van der Waals surface area contributed by atoms with Crippen LogP contribution in [0.2, 0.25) is 0 Å². The highest BCUT2D eigenvalue weighted by atomic mass is 16.6. The van der Waals surface area contributed by atoms with Crippen molar-refractivity contribution in [1.29, 1.82) is 0 Å².